The first-order valence-electron chi connectivity index (χ1n) is 11.1. The standard InChI is InChI=1S/C21H25F3N4O5/c22-21(23,24)20(4-5-20)18(32)27-11-19(12-27)10-26(9-14(19)17(30)31)16(29)13-7-25-28(8-13)15-3-1-2-6-33-15/h7-8,14-15H,1-6,9-12H2,(H,30,31). The zero-order chi connectivity index (χ0) is 23.6. The molecule has 1 spiro atoms. The van der Waals surface area contributed by atoms with Gasteiger partial charge >= 0.3 is 12.1 Å². The highest BCUT2D eigenvalue weighted by Crippen LogP contribution is 2.60. The monoisotopic (exact) mass is 470 g/mol. The van der Waals surface area contributed by atoms with E-state index >= 15 is 0 Å². The molecule has 180 valence electrons. The lowest BCUT2D eigenvalue weighted by Crippen LogP contribution is -2.65. The molecule has 2 amide bonds. The molecule has 4 aliphatic rings. The van der Waals surface area contributed by atoms with Crippen molar-refractivity contribution in [3.05, 3.63) is 18.0 Å². The Kier molecular flexibility index (Phi) is 5.00. The van der Waals surface area contributed by atoms with Gasteiger partial charge in [0.2, 0.25) is 5.91 Å². The van der Waals surface area contributed by atoms with Gasteiger partial charge in [-0.1, -0.05) is 0 Å². The average Bonchev–Trinajstić information content (AvgIpc) is 3.27. The molecule has 1 aliphatic carbocycles. The summed E-state index contributed by atoms with van der Waals surface area (Å²) in [7, 11) is 0. The van der Waals surface area contributed by atoms with Gasteiger partial charge in [-0.3, -0.25) is 14.4 Å². The molecule has 1 saturated carbocycles. The van der Waals surface area contributed by atoms with E-state index in [1.54, 1.807) is 10.9 Å². The van der Waals surface area contributed by atoms with Crippen molar-refractivity contribution in [2.24, 2.45) is 16.7 Å². The summed E-state index contributed by atoms with van der Waals surface area (Å²) in [5.74, 6) is -3.45. The number of hydrogen-bond donors (Lipinski definition) is 1. The number of rotatable bonds is 4. The number of carbonyl (C=O) groups excluding carboxylic acids is 2. The highest BCUT2D eigenvalue weighted by Gasteiger charge is 2.71. The Labute approximate surface area is 187 Å². The minimum atomic E-state index is -4.61. The van der Waals surface area contributed by atoms with E-state index in [1.807, 2.05) is 0 Å². The van der Waals surface area contributed by atoms with Gasteiger partial charge in [-0.2, -0.15) is 18.3 Å². The Bertz CT molecular complexity index is 977. The van der Waals surface area contributed by atoms with E-state index in [0.29, 0.717) is 12.2 Å². The summed E-state index contributed by atoms with van der Waals surface area (Å²) >= 11 is 0. The first-order valence-corrected chi connectivity index (χ1v) is 11.1. The van der Waals surface area contributed by atoms with Gasteiger partial charge in [0, 0.05) is 44.4 Å². The van der Waals surface area contributed by atoms with Gasteiger partial charge in [-0.25, -0.2) is 4.68 Å². The number of likely N-dealkylation sites (tertiary alicyclic amines) is 2. The number of halogens is 3. The van der Waals surface area contributed by atoms with Crippen LogP contribution >= 0.6 is 0 Å². The average molecular weight is 470 g/mol. The summed E-state index contributed by atoms with van der Waals surface area (Å²) in [4.78, 5) is 40.0. The van der Waals surface area contributed by atoms with Crippen molar-refractivity contribution in [1.29, 1.82) is 0 Å². The summed E-state index contributed by atoms with van der Waals surface area (Å²) in [5.41, 5.74) is -2.97. The first-order chi connectivity index (χ1) is 15.6. The Morgan fingerprint density at radius 2 is 1.82 bits per heavy atom. The predicted octanol–water partition coefficient (Wildman–Crippen LogP) is 1.91. The van der Waals surface area contributed by atoms with Crippen LogP contribution in [0.25, 0.3) is 0 Å². The third-order valence-electron chi connectivity index (χ3n) is 7.53. The Morgan fingerprint density at radius 1 is 1.12 bits per heavy atom. The molecule has 3 aliphatic heterocycles. The second kappa shape index (κ2) is 7.44. The minimum Gasteiger partial charge on any atom is -0.481 e. The third-order valence-corrected chi connectivity index (χ3v) is 7.53. The zero-order valence-electron chi connectivity index (χ0n) is 17.9. The van der Waals surface area contributed by atoms with Crippen molar-refractivity contribution in [1.82, 2.24) is 19.6 Å². The fraction of sp³-hybridized carbons (Fsp3) is 0.714. The molecule has 1 aromatic rings. The van der Waals surface area contributed by atoms with E-state index in [-0.39, 0.29) is 51.2 Å². The number of ether oxygens (including phenoxy) is 1. The lowest BCUT2D eigenvalue weighted by atomic mass is 9.71. The fourth-order valence-electron chi connectivity index (χ4n) is 5.41. The molecule has 1 aromatic heterocycles. The van der Waals surface area contributed by atoms with E-state index in [2.05, 4.69) is 5.10 Å². The molecule has 5 rings (SSSR count). The largest absolute Gasteiger partial charge is 0.481 e. The third kappa shape index (κ3) is 3.49. The smallest absolute Gasteiger partial charge is 0.403 e. The van der Waals surface area contributed by atoms with Gasteiger partial charge in [0.25, 0.3) is 5.91 Å². The molecule has 4 heterocycles. The summed E-state index contributed by atoms with van der Waals surface area (Å²) in [6.07, 6.45) is 0.416. The highest BCUT2D eigenvalue weighted by atomic mass is 19.4. The van der Waals surface area contributed by atoms with Crippen LogP contribution in [-0.4, -0.2) is 81.4 Å². The Hall–Kier alpha value is -2.63. The Morgan fingerprint density at radius 3 is 2.39 bits per heavy atom. The molecule has 1 N–H and O–H groups in total. The fourth-order valence-corrected chi connectivity index (χ4v) is 5.41. The normalized spacial score (nSPS) is 28.0. The topological polar surface area (TPSA) is 105 Å². The lowest BCUT2D eigenvalue weighted by molar-refractivity contribution is -0.206. The lowest BCUT2D eigenvalue weighted by Gasteiger charge is -2.50. The second-order valence-corrected chi connectivity index (χ2v) is 9.71. The van der Waals surface area contributed by atoms with Crippen LogP contribution in [0.3, 0.4) is 0 Å². The van der Waals surface area contributed by atoms with Crippen LogP contribution in [0.1, 0.15) is 48.7 Å². The van der Waals surface area contributed by atoms with Crippen LogP contribution in [0, 0.1) is 16.7 Å². The molecule has 4 fully saturated rings. The van der Waals surface area contributed by atoms with Crippen molar-refractivity contribution < 1.29 is 37.4 Å². The number of aromatic nitrogens is 2. The summed E-state index contributed by atoms with van der Waals surface area (Å²) < 4.78 is 47.2. The number of carbonyl (C=O) groups is 3. The van der Waals surface area contributed by atoms with Crippen LogP contribution in [0.4, 0.5) is 13.2 Å². The van der Waals surface area contributed by atoms with Crippen molar-refractivity contribution >= 4 is 17.8 Å². The van der Waals surface area contributed by atoms with E-state index in [9.17, 15) is 32.7 Å². The first kappa shape index (κ1) is 22.2. The molecule has 0 radical (unpaired) electrons. The SMILES string of the molecule is O=C(O)C1CN(C(=O)c2cnn(C3CCCCO3)c2)CC12CN(C(=O)C1(C(F)(F)F)CC1)C2. The molecule has 9 nitrogen and oxygen atoms in total. The summed E-state index contributed by atoms with van der Waals surface area (Å²) in [6.45, 7) is 0.426. The van der Waals surface area contributed by atoms with Gasteiger partial charge in [0.05, 0.1) is 17.7 Å². The zero-order valence-corrected chi connectivity index (χ0v) is 17.9. The van der Waals surface area contributed by atoms with Crippen molar-refractivity contribution in [3.63, 3.8) is 0 Å². The molecule has 2 atom stereocenters. The van der Waals surface area contributed by atoms with Gasteiger partial charge in [0.15, 0.2) is 0 Å². The molecule has 0 aromatic carbocycles. The summed E-state index contributed by atoms with van der Waals surface area (Å²) in [5, 5.41) is 13.9. The molecule has 2 unspecified atom stereocenters. The Balaban J connectivity index is 1.28. The van der Waals surface area contributed by atoms with Crippen molar-refractivity contribution in [3.8, 4) is 0 Å². The number of carboxylic acids is 1. The van der Waals surface area contributed by atoms with Crippen LogP contribution in [0.15, 0.2) is 12.4 Å². The highest BCUT2D eigenvalue weighted by molar-refractivity contribution is 5.95. The number of amides is 2. The van der Waals surface area contributed by atoms with Crippen LogP contribution < -0.4 is 0 Å². The molecular formula is C21H25F3N4O5. The van der Waals surface area contributed by atoms with Gasteiger partial charge in [0.1, 0.15) is 11.6 Å². The van der Waals surface area contributed by atoms with E-state index < -0.39 is 34.8 Å². The van der Waals surface area contributed by atoms with Crippen molar-refractivity contribution in [2.75, 3.05) is 32.8 Å². The number of nitrogens with zero attached hydrogens (tertiary/aromatic N) is 4. The van der Waals surface area contributed by atoms with E-state index in [0.717, 1.165) is 24.2 Å². The number of hydrogen-bond acceptors (Lipinski definition) is 5. The minimum absolute atomic E-state index is 0.0638. The van der Waals surface area contributed by atoms with Crippen LogP contribution in [0.5, 0.6) is 0 Å². The number of aliphatic carboxylic acids is 1. The van der Waals surface area contributed by atoms with Gasteiger partial charge in [-0.15, -0.1) is 0 Å². The molecule has 0 bridgehead atoms. The molecule has 3 saturated heterocycles. The van der Waals surface area contributed by atoms with E-state index in [4.69, 9.17) is 4.74 Å². The van der Waals surface area contributed by atoms with Crippen LogP contribution in [0.2, 0.25) is 0 Å². The van der Waals surface area contributed by atoms with Crippen LogP contribution in [-0.2, 0) is 14.3 Å². The van der Waals surface area contributed by atoms with Gasteiger partial charge < -0.3 is 19.6 Å². The van der Waals surface area contributed by atoms with Gasteiger partial charge in [-0.05, 0) is 32.1 Å². The quantitative estimate of drug-likeness (QED) is 0.721. The van der Waals surface area contributed by atoms with Crippen molar-refractivity contribution in [2.45, 2.75) is 44.5 Å². The predicted molar refractivity (Wildman–Crippen MR) is 105 cm³/mol. The second-order valence-electron chi connectivity index (χ2n) is 9.71. The molecule has 12 heteroatoms. The number of carboxylic acid groups (broad SMARTS) is 1. The summed E-state index contributed by atoms with van der Waals surface area (Å²) in [6, 6.07) is 0. The number of alkyl halides is 3. The maximum Gasteiger partial charge on any atom is 0.403 e. The molecule has 33 heavy (non-hydrogen) atoms. The molecular weight excluding hydrogens is 445 g/mol. The maximum atomic E-state index is 13.3. The maximum absolute atomic E-state index is 13.3. The van der Waals surface area contributed by atoms with E-state index in [1.165, 1.54) is 11.1 Å².